The highest BCUT2D eigenvalue weighted by molar-refractivity contribution is 6.37. The maximum absolute atomic E-state index is 12.2. The van der Waals surface area contributed by atoms with Crippen molar-refractivity contribution in [2.24, 2.45) is 0 Å². The van der Waals surface area contributed by atoms with Crippen LogP contribution in [-0.4, -0.2) is 24.5 Å². The van der Waals surface area contributed by atoms with E-state index in [2.05, 4.69) is 10.3 Å². The van der Waals surface area contributed by atoms with Gasteiger partial charge in [0.2, 0.25) is 0 Å². The normalized spacial score (nSPS) is 10.3. The van der Waals surface area contributed by atoms with Crippen LogP contribution in [0, 0.1) is 0 Å². The number of aromatic nitrogens is 1. The monoisotopic (exact) mass is 312 g/mol. The quantitative estimate of drug-likeness (QED) is 0.890. The third-order valence-corrected chi connectivity index (χ3v) is 3.46. The van der Waals surface area contributed by atoms with Crippen molar-refractivity contribution in [3.63, 3.8) is 0 Å². The first kappa shape index (κ1) is 14.8. The Bertz CT molecular complexity index is 597. The van der Waals surface area contributed by atoms with Crippen molar-refractivity contribution >= 4 is 29.1 Å². The fourth-order valence-electron chi connectivity index (χ4n) is 1.87. The lowest BCUT2D eigenvalue weighted by Crippen LogP contribution is -2.26. The number of rotatable bonds is 5. The van der Waals surface area contributed by atoms with Crippen molar-refractivity contribution in [1.29, 1.82) is 0 Å². The second-order valence-electron chi connectivity index (χ2n) is 4.16. The molecular formula is C14H14Cl2N2O2. The van der Waals surface area contributed by atoms with Gasteiger partial charge in [-0.25, -0.2) is 0 Å². The molecule has 0 saturated heterocycles. The van der Waals surface area contributed by atoms with Crippen molar-refractivity contribution in [2.75, 3.05) is 13.7 Å². The molecule has 6 heteroatoms. The maximum Gasteiger partial charge on any atom is 0.256 e. The third-order valence-electron chi connectivity index (χ3n) is 2.85. The van der Waals surface area contributed by atoms with Gasteiger partial charge < -0.3 is 15.0 Å². The van der Waals surface area contributed by atoms with E-state index >= 15 is 0 Å². The zero-order valence-corrected chi connectivity index (χ0v) is 12.4. The molecule has 2 aromatic rings. The summed E-state index contributed by atoms with van der Waals surface area (Å²) in [6.07, 6.45) is 4.46. The van der Waals surface area contributed by atoms with Crippen LogP contribution >= 0.6 is 23.2 Å². The average molecular weight is 313 g/mol. The van der Waals surface area contributed by atoms with Crippen molar-refractivity contribution in [1.82, 2.24) is 10.3 Å². The fourth-order valence-corrected chi connectivity index (χ4v) is 2.34. The molecule has 0 fully saturated rings. The van der Waals surface area contributed by atoms with Crippen LogP contribution in [0.4, 0.5) is 0 Å². The number of hydrogen-bond acceptors (Lipinski definition) is 2. The molecule has 0 atom stereocenters. The lowest BCUT2D eigenvalue weighted by molar-refractivity contribution is 0.0951. The first-order valence-corrected chi connectivity index (χ1v) is 6.81. The maximum atomic E-state index is 12.2. The molecule has 0 aliphatic rings. The third kappa shape index (κ3) is 3.26. The molecule has 0 aliphatic heterocycles. The summed E-state index contributed by atoms with van der Waals surface area (Å²) in [5.41, 5.74) is 1.38. The Kier molecular flexibility index (Phi) is 4.93. The summed E-state index contributed by atoms with van der Waals surface area (Å²) in [5, 5.41) is 3.47. The van der Waals surface area contributed by atoms with Crippen molar-refractivity contribution in [3.05, 3.63) is 51.8 Å². The topological polar surface area (TPSA) is 54.1 Å². The Morgan fingerprint density at radius 2 is 2.05 bits per heavy atom. The van der Waals surface area contributed by atoms with Crippen LogP contribution in [0.3, 0.4) is 0 Å². The molecule has 106 valence electrons. The Labute approximate surface area is 127 Å². The van der Waals surface area contributed by atoms with E-state index in [1.807, 2.05) is 18.5 Å². The van der Waals surface area contributed by atoms with Gasteiger partial charge in [0.05, 0.1) is 17.2 Å². The lowest BCUT2D eigenvalue weighted by Gasteiger charge is -2.12. The highest BCUT2D eigenvalue weighted by Gasteiger charge is 2.18. The number of carbonyl (C=O) groups is 1. The van der Waals surface area contributed by atoms with Gasteiger partial charge in [0, 0.05) is 18.9 Å². The zero-order chi connectivity index (χ0) is 14.5. The standard InChI is InChI=1S/C14H14Cl2N2O2/c1-20-13-11(16)3-2-10(15)12(13)14(19)18-7-5-9-4-6-17-8-9/h2-4,6,8,17H,5,7H2,1H3,(H,18,19). The first-order valence-electron chi connectivity index (χ1n) is 6.05. The number of H-pyrrole nitrogens is 1. The van der Waals surface area contributed by atoms with Crippen LogP contribution in [0.5, 0.6) is 5.75 Å². The van der Waals surface area contributed by atoms with Crippen LogP contribution in [0.2, 0.25) is 10.0 Å². The zero-order valence-electron chi connectivity index (χ0n) is 10.9. The van der Waals surface area contributed by atoms with E-state index in [0.717, 1.165) is 12.0 Å². The molecule has 0 bridgehead atoms. The fraction of sp³-hybridized carbons (Fsp3) is 0.214. The minimum Gasteiger partial charge on any atom is -0.494 e. The number of halogens is 2. The van der Waals surface area contributed by atoms with E-state index in [4.69, 9.17) is 27.9 Å². The van der Waals surface area contributed by atoms with E-state index in [0.29, 0.717) is 22.3 Å². The summed E-state index contributed by atoms with van der Waals surface area (Å²) in [7, 11) is 1.45. The Morgan fingerprint density at radius 1 is 1.30 bits per heavy atom. The smallest absolute Gasteiger partial charge is 0.256 e. The molecule has 0 aliphatic carbocycles. The van der Waals surface area contributed by atoms with Gasteiger partial charge in [-0.3, -0.25) is 4.79 Å². The van der Waals surface area contributed by atoms with Gasteiger partial charge in [0.15, 0.2) is 5.75 Å². The summed E-state index contributed by atoms with van der Waals surface area (Å²) in [4.78, 5) is 15.1. The Balaban J connectivity index is 2.07. The van der Waals surface area contributed by atoms with Crippen molar-refractivity contribution in [3.8, 4) is 5.75 Å². The van der Waals surface area contributed by atoms with Crippen LogP contribution in [0.1, 0.15) is 15.9 Å². The number of amides is 1. The highest BCUT2D eigenvalue weighted by atomic mass is 35.5. The number of benzene rings is 1. The van der Waals surface area contributed by atoms with Crippen LogP contribution in [0.15, 0.2) is 30.6 Å². The van der Waals surface area contributed by atoms with Crippen molar-refractivity contribution < 1.29 is 9.53 Å². The molecule has 1 aromatic carbocycles. The molecule has 1 heterocycles. The average Bonchev–Trinajstić information content (AvgIpc) is 2.94. The van der Waals surface area contributed by atoms with Gasteiger partial charge in [-0.05, 0) is 30.2 Å². The minimum atomic E-state index is -0.301. The number of nitrogens with one attached hydrogen (secondary N) is 2. The van der Waals surface area contributed by atoms with Gasteiger partial charge in [-0.2, -0.15) is 0 Å². The van der Waals surface area contributed by atoms with E-state index in [1.54, 1.807) is 12.1 Å². The molecule has 2 rings (SSSR count). The van der Waals surface area contributed by atoms with E-state index in [1.165, 1.54) is 7.11 Å². The summed E-state index contributed by atoms with van der Waals surface area (Å²) in [5.74, 6) is -0.0109. The molecule has 2 N–H and O–H groups in total. The Morgan fingerprint density at radius 3 is 2.70 bits per heavy atom. The Hall–Kier alpha value is -1.65. The predicted octanol–water partition coefficient (Wildman–Crippen LogP) is 3.30. The number of methoxy groups -OCH3 is 1. The van der Waals surface area contributed by atoms with E-state index in [9.17, 15) is 4.79 Å². The highest BCUT2D eigenvalue weighted by Crippen LogP contribution is 2.33. The van der Waals surface area contributed by atoms with Crippen LogP contribution < -0.4 is 10.1 Å². The lowest BCUT2D eigenvalue weighted by atomic mass is 10.1. The molecule has 0 radical (unpaired) electrons. The summed E-state index contributed by atoms with van der Waals surface area (Å²) in [6, 6.07) is 5.13. The van der Waals surface area contributed by atoms with Gasteiger partial charge >= 0.3 is 0 Å². The SMILES string of the molecule is COc1c(Cl)ccc(Cl)c1C(=O)NCCc1cc[nH]c1. The largest absolute Gasteiger partial charge is 0.494 e. The van der Waals surface area contributed by atoms with Crippen LogP contribution in [-0.2, 0) is 6.42 Å². The molecule has 20 heavy (non-hydrogen) atoms. The minimum absolute atomic E-state index is 0.260. The van der Waals surface area contributed by atoms with Gasteiger partial charge in [-0.1, -0.05) is 23.2 Å². The summed E-state index contributed by atoms with van der Waals surface area (Å²) < 4.78 is 5.15. The second-order valence-corrected chi connectivity index (χ2v) is 4.98. The van der Waals surface area contributed by atoms with E-state index < -0.39 is 0 Å². The summed E-state index contributed by atoms with van der Waals surface area (Å²) >= 11 is 12.0. The van der Waals surface area contributed by atoms with Gasteiger partial charge in [0.25, 0.3) is 5.91 Å². The van der Waals surface area contributed by atoms with Gasteiger partial charge in [0.1, 0.15) is 5.56 Å². The number of carbonyl (C=O) groups excluding carboxylic acids is 1. The molecule has 1 amide bonds. The van der Waals surface area contributed by atoms with E-state index in [-0.39, 0.29) is 11.5 Å². The molecule has 1 aromatic heterocycles. The summed E-state index contributed by atoms with van der Waals surface area (Å²) in [6.45, 7) is 0.503. The molecular weight excluding hydrogens is 299 g/mol. The molecule has 0 unspecified atom stereocenters. The molecule has 0 spiro atoms. The predicted molar refractivity (Wildman–Crippen MR) is 79.8 cm³/mol. The number of aromatic amines is 1. The van der Waals surface area contributed by atoms with Crippen LogP contribution in [0.25, 0.3) is 0 Å². The first-order chi connectivity index (χ1) is 9.63. The van der Waals surface area contributed by atoms with Gasteiger partial charge in [-0.15, -0.1) is 0 Å². The van der Waals surface area contributed by atoms with Crippen molar-refractivity contribution in [2.45, 2.75) is 6.42 Å². The number of ether oxygens (including phenoxy) is 1. The number of hydrogen-bond donors (Lipinski definition) is 2. The molecule has 4 nitrogen and oxygen atoms in total. The molecule has 0 saturated carbocycles. The second kappa shape index (κ2) is 6.68.